The number of hydrogen-bond acceptors (Lipinski definition) is 9. The molecule has 1 saturated carbocycles. The van der Waals surface area contributed by atoms with Gasteiger partial charge in [-0.25, -0.2) is 8.42 Å². The van der Waals surface area contributed by atoms with E-state index in [4.69, 9.17) is 4.52 Å². The molecule has 0 spiro atoms. The lowest BCUT2D eigenvalue weighted by Crippen LogP contribution is -2.47. The Hall–Kier alpha value is -2.53. The summed E-state index contributed by atoms with van der Waals surface area (Å²) in [5.74, 6) is 1.82. The zero-order chi connectivity index (χ0) is 20.8. The van der Waals surface area contributed by atoms with Crippen LogP contribution in [-0.4, -0.2) is 60.8 Å². The molecule has 2 aromatic rings. The Kier molecular flexibility index (Phi) is 5.03. The van der Waals surface area contributed by atoms with Crippen LogP contribution in [0.15, 0.2) is 27.6 Å². The molecule has 4 rings (SSSR count). The molecule has 156 valence electrons. The van der Waals surface area contributed by atoms with Gasteiger partial charge in [0.2, 0.25) is 5.89 Å². The van der Waals surface area contributed by atoms with E-state index in [1.54, 1.807) is 0 Å². The molecular formula is C18H23N5O5S. The number of nitro groups is 1. The van der Waals surface area contributed by atoms with E-state index >= 15 is 0 Å². The number of hydrogen-bond donors (Lipinski definition) is 0. The first kappa shape index (κ1) is 19.8. The van der Waals surface area contributed by atoms with Crippen LogP contribution in [-0.2, 0) is 9.84 Å². The molecule has 1 aromatic heterocycles. The number of anilines is 1. The third-order valence-corrected chi connectivity index (χ3v) is 6.64. The van der Waals surface area contributed by atoms with Crippen LogP contribution < -0.4 is 4.90 Å². The smallest absolute Gasteiger partial charge is 0.293 e. The van der Waals surface area contributed by atoms with Crippen molar-refractivity contribution >= 4 is 21.2 Å². The van der Waals surface area contributed by atoms with Crippen LogP contribution in [0.5, 0.6) is 0 Å². The van der Waals surface area contributed by atoms with Crippen molar-refractivity contribution in [3.8, 4) is 0 Å². The summed E-state index contributed by atoms with van der Waals surface area (Å²) >= 11 is 0. The van der Waals surface area contributed by atoms with Gasteiger partial charge in [0.05, 0.1) is 15.9 Å². The van der Waals surface area contributed by atoms with Crippen LogP contribution >= 0.6 is 0 Å². The van der Waals surface area contributed by atoms with Gasteiger partial charge in [-0.15, -0.1) is 0 Å². The van der Waals surface area contributed by atoms with Gasteiger partial charge in [0.15, 0.2) is 15.7 Å². The van der Waals surface area contributed by atoms with Crippen LogP contribution in [0.4, 0.5) is 11.4 Å². The fourth-order valence-electron chi connectivity index (χ4n) is 3.58. The predicted octanol–water partition coefficient (Wildman–Crippen LogP) is 2.14. The summed E-state index contributed by atoms with van der Waals surface area (Å²) in [7, 11) is -3.51. The molecule has 11 heteroatoms. The first-order chi connectivity index (χ1) is 13.7. The first-order valence-electron chi connectivity index (χ1n) is 9.55. The lowest BCUT2D eigenvalue weighted by molar-refractivity contribution is -0.384. The number of rotatable bonds is 6. The van der Waals surface area contributed by atoms with E-state index in [2.05, 4.69) is 15.0 Å². The van der Waals surface area contributed by atoms with Crippen molar-refractivity contribution in [3.63, 3.8) is 0 Å². The number of aromatic nitrogens is 2. The van der Waals surface area contributed by atoms with Crippen LogP contribution in [0.25, 0.3) is 0 Å². The van der Waals surface area contributed by atoms with E-state index in [1.807, 2.05) is 11.8 Å². The fourth-order valence-corrected chi connectivity index (χ4v) is 4.22. The highest BCUT2D eigenvalue weighted by Crippen LogP contribution is 2.39. The Morgan fingerprint density at radius 2 is 1.93 bits per heavy atom. The van der Waals surface area contributed by atoms with E-state index < -0.39 is 14.8 Å². The van der Waals surface area contributed by atoms with Crippen LogP contribution in [0.3, 0.4) is 0 Å². The standard InChI is InChI=1S/C18H23N5O5S/c1-12(18-19-17(20-28-18)13-3-4-13)21-7-9-22(10-8-21)15-6-5-14(29(2,26)27)11-16(15)23(24)25/h5-6,11-13H,3-4,7-10H2,1-2H3. The topological polar surface area (TPSA) is 123 Å². The molecule has 0 N–H and O–H groups in total. The van der Waals surface area contributed by atoms with Crippen LogP contribution in [0.2, 0.25) is 0 Å². The van der Waals surface area contributed by atoms with Gasteiger partial charge in [-0.2, -0.15) is 4.98 Å². The first-order valence-corrected chi connectivity index (χ1v) is 11.4. The third kappa shape index (κ3) is 4.10. The Labute approximate surface area is 168 Å². The molecule has 2 fully saturated rings. The summed E-state index contributed by atoms with van der Waals surface area (Å²) in [5.41, 5.74) is 0.240. The average Bonchev–Trinajstić information content (AvgIpc) is 3.43. The van der Waals surface area contributed by atoms with E-state index in [0.29, 0.717) is 43.7 Å². The molecule has 0 radical (unpaired) electrons. The molecule has 0 bridgehead atoms. The molecule has 10 nitrogen and oxygen atoms in total. The van der Waals surface area contributed by atoms with Crippen molar-refractivity contribution in [1.82, 2.24) is 15.0 Å². The Morgan fingerprint density at radius 3 is 2.52 bits per heavy atom. The minimum Gasteiger partial charge on any atom is -0.363 e. The quantitative estimate of drug-likeness (QED) is 0.510. The highest BCUT2D eigenvalue weighted by Gasteiger charge is 2.32. The minimum atomic E-state index is -3.51. The van der Waals surface area contributed by atoms with E-state index in [0.717, 1.165) is 31.0 Å². The Bertz CT molecular complexity index is 1030. The van der Waals surface area contributed by atoms with Crippen molar-refractivity contribution in [2.45, 2.75) is 36.6 Å². The number of nitro benzene ring substituents is 1. The minimum absolute atomic E-state index is 0.0280. The summed E-state index contributed by atoms with van der Waals surface area (Å²) < 4.78 is 28.9. The highest BCUT2D eigenvalue weighted by molar-refractivity contribution is 7.90. The van der Waals surface area contributed by atoms with E-state index in [9.17, 15) is 18.5 Å². The van der Waals surface area contributed by atoms with Gasteiger partial charge in [-0.1, -0.05) is 5.16 Å². The molecule has 0 amide bonds. The molecule has 1 unspecified atom stereocenters. The second kappa shape index (κ2) is 7.38. The van der Waals surface area contributed by atoms with Gasteiger partial charge < -0.3 is 9.42 Å². The summed E-state index contributed by atoms with van der Waals surface area (Å²) in [6, 6.07) is 4.05. The maximum absolute atomic E-state index is 11.7. The summed E-state index contributed by atoms with van der Waals surface area (Å²) in [4.78, 5) is 19.6. The van der Waals surface area contributed by atoms with Crippen molar-refractivity contribution in [2.75, 3.05) is 37.3 Å². The van der Waals surface area contributed by atoms with Gasteiger partial charge in [0, 0.05) is 44.4 Å². The molecule has 1 aliphatic carbocycles. The normalized spacial score (nSPS) is 19.3. The molecule has 2 heterocycles. The number of nitrogens with zero attached hydrogens (tertiary/aromatic N) is 5. The van der Waals surface area contributed by atoms with Crippen LogP contribution in [0, 0.1) is 10.1 Å². The largest absolute Gasteiger partial charge is 0.363 e. The zero-order valence-electron chi connectivity index (χ0n) is 16.3. The van der Waals surface area contributed by atoms with Gasteiger partial charge in [0.25, 0.3) is 5.69 Å². The maximum Gasteiger partial charge on any atom is 0.293 e. The second-order valence-electron chi connectivity index (χ2n) is 7.64. The van der Waals surface area contributed by atoms with Crippen molar-refractivity contribution in [1.29, 1.82) is 0 Å². The zero-order valence-corrected chi connectivity index (χ0v) is 17.1. The Balaban J connectivity index is 1.46. The van der Waals surface area contributed by atoms with Gasteiger partial charge >= 0.3 is 0 Å². The Morgan fingerprint density at radius 1 is 1.24 bits per heavy atom. The van der Waals surface area contributed by atoms with Crippen LogP contribution in [0.1, 0.15) is 43.4 Å². The fraction of sp³-hybridized carbons (Fsp3) is 0.556. The predicted molar refractivity (Wildman–Crippen MR) is 105 cm³/mol. The molecule has 1 aliphatic heterocycles. The van der Waals surface area contributed by atoms with Crippen molar-refractivity contribution in [2.24, 2.45) is 0 Å². The van der Waals surface area contributed by atoms with Crippen molar-refractivity contribution in [3.05, 3.63) is 40.0 Å². The van der Waals surface area contributed by atoms with Crippen molar-refractivity contribution < 1.29 is 17.9 Å². The number of piperazine rings is 1. The summed E-state index contributed by atoms with van der Waals surface area (Å²) in [6.45, 7) is 4.52. The maximum atomic E-state index is 11.7. The third-order valence-electron chi connectivity index (χ3n) is 5.53. The molecule has 29 heavy (non-hydrogen) atoms. The van der Waals surface area contributed by atoms with Gasteiger partial charge in [0.1, 0.15) is 5.69 Å². The van der Waals surface area contributed by atoms with Gasteiger partial charge in [-0.3, -0.25) is 15.0 Å². The van der Waals surface area contributed by atoms with E-state index in [1.165, 1.54) is 12.1 Å². The number of benzene rings is 1. The highest BCUT2D eigenvalue weighted by atomic mass is 32.2. The summed E-state index contributed by atoms with van der Waals surface area (Å²) in [5, 5.41) is 15.6. The van der Waals surface area contributed by atoms with Gasteiger partial charge in [-0.05, 0) is 31.9 Å². The lowest BCUT2D eigenvalue weighted by atomic mass is 10.2. The molecule has 1 aromatic carbocycles. The molecule has 1 saturated heterocycles. The lowest BCUT2D eigenvalue weighted by Gasteiger charge is -2.37. The summed E-state index contributed by atoms with van der Waals surface area (Å²) in [6.07, 6.45) is 3.27. The molecular weight excluding hydrogens is 398 g/mol. The SMILES string of the molecule is CC(c1nc(C2CC2)no1)N1CCN(c2ccc(S(C)(=O)=O)cc2[N+](=O)[O-])CC1. The monoisotopic (exact) mass is 421 g/mol. The second-order valence-corrected chi connectivity index (χ2v) is 9.66. The average molecular weight is 421 g/mol. The number of sulfone groups is 1. The molecule has 1 atom stereocenters. The molecule has 2 aliphatic rings. The van der Waals surface area contributed by atoms with E-state index in [-0.39, 0.29) is 16.6 Å².